The molecule has 1 fully saturated rings. The number of amides is 1. The predicted molar refractivity (Wildman–Crippen MR) is 117 cm³/mol. The predicted octanol–water partition coefficient (Wildman–Crippen LogP) is 2.98. The van der Waals surface area contributed by atoms with Gasteiger partial charge in [-0.1, -0.05) is 35.9 Å². The van der Waals surface area contributed by atoms with E-state index >= 15 is 0 Å². The summed E-state index contributed by atoms with van der Waals surface area (Å²) in [5.74, 6) is 0.844. The first kappa shape index (κ1) is 19.8. The lowest BCUT2D eigenvalue weighted by Gasteiger charge is -2.34. The van der Waals surface area contributed by atoms with Crippen molar-refractivity contribution < 1.29 is 14.1 Å². The average Bonchev–Trinajstić information content (AvgIpc) is 3.15. The molecule has 0 aliphatic carbocycles. The summed E-state index contributed by atoms with van der Waals surface area (Å²) >= 11 is 6.17. The van der Waals surface area contributed by atoms with E-state index in [9.17, 15) is 4.79 Å². The van der Waals surface area contributed by atoms with Gasteiger partial charge in [-0.15, -0.1) is 0 Å². The minimum absolute atomic E-state index is 0.0559. The molecule has 0 saturated carbocycles. The van der Waals surface area contributed by atoms with Gasteiger partial charge in [-0.3, -0.25) is 4.79 Å². The molecule has 2 heterocycles. The Morgan fingerprint density at radius 2 is 1.97 bits per heavy atom. The lowest BCUT2D eigenvalue weighted by Crippen LogP contribution is -3.16. The van der Waals surface area contributed by atoms with E-state index in [4.69, 9.17) is 16.0 Å². The second-order valence-corrected chi connectivity index (χ2v) is 8.26. The van der Waals surface area contributed by atoms with E-state index in [1.165, 1.54) is 16.2 Å². The minimum atomic E-state index is -0.148. The van der Waals surface area contributed by atoms with Gasteiger partial charge in [-0.25, -0.2) is 0 Å². The third-order valence-corrected chi connectivity index (χ3v) is 5.88. The number of aryl methyl sites for hydroxylation is 1. The van der Waals surface area contributed by atoms with Crippen molar-refractivity contribution in [2.24, 2.45) is 0 Å². The molecule has 4 rings (SSSR count). The highest BCUT2D eigenvalue weighted by atomic mass is 35.5. The standard InChI is InChI=1S/C23H26ClN3O2/c1-16-7-8-19(24)14-20(16)27-11-9-26(10-12-27)15-23(28)25-17(2)22-13-18-5-3-4-6-21(18)29-22/h3-8,13-14,17H,9-12,15H2,1-2H3,(H,25,28)/p+1/t17-/m0/s1. The van der Waals surface area contributed by atoms with Crippen LogP contribution in [0.4, 0.5) is 5.69 Å². The average molecular weight is 413 g/mol. The maximum absolute atomic E-state index is 12.6. The molecule has 0 spiro atoms. The van der Waals surface area contributed by atoms with Gasteiger partial charge in [0, 0.05) is 16.1 Å². The molecule has 2 N–H and O–H groups in total. The van der Waals surface area contributed by atoms with Crippen LogP contribution in [0.3, 0.4) is 0 Å². The molecule has 3 aromatic rings. The molecule has 1 saturated heterocycles. The second-order valence-electron chi connectivity index (χ2n) is 7.82. The SMILES string of the molecule is Cc1ccc(Cl)cc1N1CC[NH+](CC(=O)N[C@@H](C)c2cc3ccccc3o2)CC1. The number of nitrogens with one attached hydrogen (secondary N) is 2. The summed E-state index contributed by atoms with van der Waals surface area (Å²) in [7, 11) is 0. The van der Waals surface area contributed by atoms with Gasteiger partial charge >= 0.3 is 0 Å². The fourth-order valence-corrected chi connectivity index (χ4v) is 4.14. The molecule has 152 valence electrons. The van der Waals surface area contributed by atoms with Crippen LogP contribution in [0.1, 0.15) is 24.3 Å². The molecule has 6 heteroatoms. The van der Waals surface area contributed by atoms with E-state index in [2.05, 4.69) is 23.2 Å². The van der Waals surface area contributed by atoms with E-state index in [1.54, 1.807) is 0 Å². The topological polar surface area (TPSA) is 49.9 Å². The van der Waals surface area contributed by atoms with E-state index in [1.807, 2.05) is 49.4 Å². The fraction of sp³-hybridized carbons (Fsp3) is 0.348. The molecular weight excluding hydrogens is 386 g/mol. The number of halogens is 1. The number of piperazine rings is 1. The number of rotatable bonds is 5. The number of carbonyl (C=O) groups excluding carboxylic acids is 1. The molecule has 5 nitrogen and oxygen atoms in total. The maximum atomic E-state index is 12.6. The summed E-state index contributed by atoms with van der Waals surface area (Å²) < 4.78 is 5.87. The third kappa shape index (κ3) is 4.57. The normalized spacial score (nSPS) is 16.2. The molecule has 1 atom stereocenters. The first-order valence-corrected chi connectivity index (χ1v) is 10.5. The first-order chi connectivity index (χ1) is 14.0. The molecular formula is C23H27ClN3O2+. The lowest BCUT2D eigenvalue weighted by molar-refractivity contribution is -0.892. The Morgan fingerprint density at radius 1 is 1.21 bits per heavy atom. The Balaban J connectivity index is 1.30. The van der Waals surface area contributed by atoms with Gasteiger partial charge in [-0.05, 0) is 43.7 Å². The van der Waals surface area contributed by atoms with Crippen LogP contribution in [0.25, 0.3) is 11.0 Å². The van der Waals surface area contributed by atoms with Crippen molar-refractivity contribution in [2.75, 3.05) is 37.6 Å². The Labute approximate surface area is 176 Å². The number of hydrogen-bond donors (Lipinski definition) is 2. The van der Waals surface area contributed by atoms with Crippen LogP contribution in [-0.2, 0) is 4.79 Å². The molecule has 0 unspecified atom stereocenters. The third-order valence-electron chi connectivity index (χ3n) is 5.64. The number of para-hydroxylation sites is 1. The van der Waals surface area contributed by atoms with Gasteiger partial charge in [0.25, 0.3) is 5.91 Å². The van der Waals surface area contributed by atoms with Crippen LogP contribution in [0.15, 0.2) is 52.9 Å². The molecule has 1 aromatic heterocycles. The van der Waals surface area contributed by atoms with Crippen LogP contribution >= 0.6 is 11.6 Å². The Hall–Kier alpha value is -2.50. The Kier molecular flexibility index (Phi) is 5.79. The first-order valence-electron chi connectivity index (χ1n) is 10.1. The van der Waals surface area contributed by atoms with Crippen molar-refractivity contribution in [2.45, 2.75) is 19.9 Å². The van der Waals surface area contributed by atoms with E-state index in [0.29, 0.717) is 6.54 Å². The van der Waals surface area contributed by atoms with Gasteiger partial charge in [0.05, 0.1) is 32.2 Å². The van der Waals surface area contributed by atoms with Crippen molar-refractivity contribution in [3.05, 3.63) is 64.9 Å². The summed E-state index contributed by atoms with van der Waals surface area (Å²) in [6.45, 7) is 8.25. The maximum Gasteiger partial charge on any atom is 0.275 e. The highest BCUT2D eigenvalue weighted by molar-refractivity contribution is 6.30. The van der Waals surface area contributed by atoms with Crippen LogP contribution in [-0.4, -0.2) is 38.6 Å². The highest BCUT2D eigenvalue weighted by Crippen LogP contribution is 2.25. The number of anilines is 1. The molecule has 1 amide bonds. The zero-order valence-corrected chi connectivity index (χ0v) is 17.6. The zero-order valence-electron chi connectivity index (χ0n) is 16.9. The number of carbonyl (C=O) groups is 1. The number of furan rings is 1. The van der Waals surface area contributed by atoms with Crippen LogP contribution in [0.2, 0.25) is 5.02 Å². The van der Waals surface area contributed by atoms with E-state index in [0.717, 1.165) is 47.9 Å². The monoisotopic (exact) mass is 412 g/mol. The van der Waals surface area contributed by atoms with Gasteiger partial charge in [0.1, 0.15) is 11.3 Å². The summed E-state index contributed by atoms with van der Waals surface area (Å²) in [5, 5.41) is 4.90. The molecule has 2 aromatic carbocycles. The summed E-state index contributed by atoms with van der Waals surface area (Å²) in [6, 6.07) is 15.8. The molecule has 29 heavy (non-hydrogen) atoms. The van der Waals surface area contributed by atoms with E-state index in [-0.39, 0.29) is 11.9 Å². The summed E-state index contributed by atoms with van der Waals surface area (Å²) in [6.07, 6.45) is 0. The molecule has 0 bridgehead atoms. The number of fused-ring (bicyclic) bond motifs is 1. The summed E-state index contributed by atoms with van der Waals surface area (Å²) in [4.78, 5) is 16.2. The molecule has 0 radical (unpaired) electrons. The second kappa shape index (κ2) is 8.47. The van der Waals surface area contributed by atoms with Crippen LogP contribution in [0, 0.1) is 6.92 Å². The Bertz CT molecular complexity index is 975. The number of nitrogens with zero attached hydrogens (tertiary/aromatic N) is 1. The van der Waals surface area contributed by atoms with Crippen molar-refractivity contribution in [1.29, 1.82) is 0 Å². The molecule has 1 aliphatic heterocycles. The fourth-order valence-electron chi connectivity index (χ4n) is 3.97. The molecule has 1 aliphatic rings. The van der Waals surface area contributed by atoms with Crippen molar-refractivity contribution in [3.63, 3.8) is 0 Å². The quantitative estimate of drug-likeness (QED) is 0.677. The van der Waals surface area contributed by atoms with Crippen LogP contribution < -0.4 is 15.1 Å². The van der Waals surface area contributed by atoms with Crippen molar-refractivity contribution in [3.8, 4) is 0 Å². The van der Waals surface area contributed by atoms with Gasteiger partial charge in [0.2, 0.25) is 0 Å². The largest absolute Gasteiger partial charge is 0.459 e. The minimum Gasteiger partial charge on any atom is -0.459 e. The van der Waals surface area contributed by atoms with E-state index < -0.39 is 0 Å². The van der Waals surface area contributed by atoms with Crippen LogP contribution in [0.5, 0.6) is 0 Å². The number of benzene rings is 2. The van der Waals surface area contributed by atoms with Gasteiger partial charge in [0.15, 0.2) is 6.54 Å². The summed E-state index contributed by atoms with van der Waals surface area (Å²) in [5.41, 5.74) is 3.27. The number of quaternary nitrogens is 1. The van der Waals surface area contributed by atoms with Gasteiger partial charge in [-0.2, -0.15) is 0 Å². The zero-order chi connectivity index (χ0) is 20.4. The Morgan fingerprint density at radius 3 is 2.72 bits per heavy atom. The van der Waals surface area contributed by atoms with Gasteiger partial charge < -0.3 is 19.5 Å². The highest BCUT2D eigenvalue weighted by Gasteiger charge is 2.24. The van der Waals surface area contributed by atoms with Crippen molar-refractivity contribution in [1.82, 2.24) is 5.32 Å². The smallest absolute Gasteiger partial charge is 0.275 e. The van der Waals surface area contributed by atoms with Crippen molar-refractivity contribution >= 4 is 34.2 Å². The lowest BCUT2D eigenvalue weighted by atomic mass is 10.1. The number of hydrogen-bond acceptors (Lipinski definition) is 3.